The van der Waals surface area contributed by atoms with Crippen molar-refractivity contribution < 1.29 is 9.59 Å². The highest BCUT2D eigenvalue weighted by Gasteiger charge is 2.57. The average Bonchev–Trinajstić information content (AvgIpc) is 3.29. The maximum atomic E-state index is 13.7. The van der Waals surface area contributed by atoms with Crippen LogP contribution in [0, 0.1) is 5.92 Å². The summed E-state index contributed by atoms with van der Waals surface area (Å²) in [6.07, 6.45) is 11.4. The maximum absolute atomic E-state index is 13.7. The molecule has 2 aromatic rings. The van der Waals surface area contributed by atoms with Gasteiger partial charge in [-0.25, -0.2) is 4.79 Å². The summed E-state index contributed by atoms with van der Waals surface area (Å²) in [7, 11) is 1.92. The summed E-state index contributed by atoms with van der Waals surface area (Å²) < 4.78 is 1.82. The highest BCUT2D eigenvalue weighted by molar-refractivity contribution is 6.07. The molecule has 178 valence electrons. The van der Waals surface area contributed by atoms with Gasteiger partial charge in [0, 0.05) is 63.9 Å². The Morgan fingerprint density at radius 1 is 1.06 bits per heavy atom. The van der Waals surface area contributed by atoms with Crippen molar-refractivity contribution in [2.45, 2.75) is 58.0 Å². The second kappa shape index (κ2) is 10.0. The first-order chi connectivity index (χ1) is 15.9. The number of imide groups is 1. The molecule has 2 saturated heterocycles. The van der Waals surface area contributed by atoms with Gasteiger partial charge in [0.25, 0.3) is 5.91 Å². The molecule has 0 unspecified atom stereocenters. The van der Waals surface area contributed by atoms with Crippen LogP contribution >= 0.6 is 0 Å². The monoisotopic (exact) mass is 452 g/mol. The minimum absolute atomic E-state index is 0.00649. The maximum Gasteiger partial charge on any atom is 0.327 e. The minimum atomic E-state index is -0.686. The lowest BCUT2D eigenvalue weighted by atomic mass is 9.85. The number of aromatic nitrogens is 3. The molecule has 2 fully saturated rings. The lowest BCUT2D eigenvalue weighted by molar-refractivity contribution is -0.135. The van der Waals surface area contributed by atoms with Crippen molar-refractivity contribution in [2.75, 3.05) is 26.2 Å². The number of hydrogen-bond donors (Lipinski definition) is 0. The first-order valence-electron chi connectivity index (χ1n) is 12.1. The van der Waals surface area contributed by atoms with Crippen LogP contribution in [-0.4, -0.2) is 73.1 Å². The van der Waals surface area contributed by atoms with Crippen molar-refractivity contribution >= 4 is 11.9 Å². The Balaban J connectivity index is 1.43. The van der Waals surface area contributed by atoms with E-state index in [1.165, 1.54) is 16.0 Å². The number of hydrogen-bond acceptors (Lipinski definition) is 5. The van der Waals surface area contributed by atoms with Crippen LogP contribution < -0.4 is 0 Å². The molecule has 33 heavy (non-hydrogen) atoms. The molecule has 8 heteroatoms. The molecule has 2 aromatic heterocycles. The molecule has 0 atom stereocenters. The van der Waals surface area contributed by atoms with E-state index in [4.69, 9.17) is 0 Å². The Hall–Kier alpha value is -2.74. The molecule has 0 N–H and O–H groups in total. The molecule has 0 saturated carbocycles. The van der Waals surface area contributed by atoms with Crippen molar-refractivity contribution in [3.63, 3.8) is 0 Å². The van der Waals surface area contributed by atoms with Gasteiger partial charge in [-0.3, -0.25) is 24.3 Å². The van der Waals surface area contributed by atoms with E-state index in [-0.39, 0.29) is 11.9 Å². The Bertz CT molecular complexity index is 949. The van der Waals surface area contributed by atoms with Crippen LogP contribution in [0.3, 0.4) is 0 Å². The van der Waals surface area contributed by atoms with Crippen molar-refractivity contribution in [3.05, 3.63) is 48.0 Å². The summed E-state index contributed by atoms with van der Waals surface area (Å²) in [4.78, 5) is 37.0. The fourth-order valence-electron chi connectivity index (χ4n) is 5.04. The molecular weight excluding hydrogens is 416 g/mol. The normalized spacial score (nSPS) is 18.8. The van der Waals surface area contributed by atoms with Gasteiger partial charge in [-0.15, -0.1) is 0 Å². The number of carbonyl (C=O) groups is 2. The van der Waals surface area contributed by atoms with Gasteiger partial charge in [-0.05, 0) is 55.7 Å². The Kier molecular flexibility index (Phi) is 7.12. The van der Waals surface area contributed by atoms with E-state index >= 15 is 0 Å². The highest BCUT2D eigenvalue weighted by atomic mass is 16.2. The van der Waals surface area contributed by atoms with Crippen molar-refractivity contribution in [2.24, 2.45) is 13.0 Å². The average molecular weight is 453 g/mol. The van der Waals surface area contributed by atoms with Crippen LogP contribution in [-0.2, 0) is 24.8 Å². The molecule has 0 radical (unpaired) electrons. The number of pyridine rings is 1. The SMILES string of the molecule is CC(C)CCN1C(=O)N(CCCc2ccncc2)C(=O)C12CCN(Cc1cnn(C)c1)CC2. The summed E-state index contributed by atoms with van der Waals surface area (Å²) in [5.74, 6) is 0.489. The zero-order chi connectivity index (χ0) is 23.4. The second-order valence-electron chi connectivity index (χ2n) is 9.86. The molecule has 4 rings (SSSR count). The number of carbonyl (C=O) groups excluding carboxylic acids is 2. The van der Waals surface area contributed by atoms with E-state index in [0.717, 1.165) is 38.9 Å². The van der Waals surface area contributed by atoms with Crippen molar-refractivity contribution in [1.82, 2.24) is 29.5 Å². The van der Waals surface area contributed by atoms with Gasteiger partial charge in [0.05, 0.1) is 6.20 Å². The lowest BCUT2D eigenvalue weighted by Crippen LogP contribution is -2.56. The van der Waals surface area contributed by atoms with Gasteiger partial charge in [-0.2, -0.15) is 5.10 Å². The van der Waals surface area contributed by atoms with Crippen LogP contribution in [0.25, 0.3) is 0 Å². The molecular formula is C25H36N6O2. The third kappa shape index (κ3) is 5.11. The molecule has 3 amide bonds. The number of piperidine rings is 1. The fraction of sp³-hybridized carbons (Fsp3) is 0.600. The van der Waals surface area contributed by atoms with E-state index < -0.39 is 5.54 Å². The standard InChI is InChI=1S/C25H36N6O2/c1-20(2)8-14-31-24(33)30(13-4-5-21-6-11-26-12-7-21)23(32)25(31)9-15-29(16-10-25)19-22-17-27-28(3)18-22/h6-7,11-12,17-18,20H,4-5,8-10,13-16,19H2,1-3H3. The Morgan fingerprint density at radius 3 is 2.42 bits per heavy atom. The zero-order valence-electron chi connectivity index (χ0n) is 20.1. The van der Waals surface area contributed by atoms with Crippen LogP contribution in [0.2, 0.25) is 0 Å². The number of aryl methyl sites for hydroxylation is 2. The molecule has 1 spiro atoms. The van der Waals surface area contributed by atoms with E-state index in [1.54, 1.807) is 12.4 Å². The van der Waals surface area contributed by atoms with Crippen LogP contribution in [0.1, 0.15) is 50.7 Å². The Morgan fingerprint density at radius 2 is 1.79 bits per heavy atom. The number of rotatable bonds is 9. The molecule has 0 aliphatic carbocycles. The van der Waals surface area contributed by atoms with E-state index in [1.807, 2.05) is 41.2 Å². The van der Waals surface area contributed by atoms with E-state index in [9.17, 15) is 9.59 Å². The Labute approximate surface area is 196 Å². The third-order valence-electron chi connectivity index (χ3n) is 7.00. The van der Waals surface area contributed by atoms with Crippen LogP contribution in [0.15, 0.2) is 36.9 Å². The number of likely N-dealkylation sites (tertiary alicyclic amines) is 1. The van der Waals surface area contributed by atoms with E-state index in [2.05, 4.69) is 28.8 Å². The van der Waals surface area contributed by atoms with Crippen LogP contribution in [0.4, 0.5) is 4.79 Å². The van der Waals surface area contributed by atoms with Crippen molar-refractivity contribution in [3.8, 4) is 0 Å². The molecule has 2 aliphatic rings. The van der Waals surface area contributed by atoms with Gasteiger partial charge in [0.1, 0.15) is 5.54 Å². The predicted molar refractivity (Wildman–Crippen MR) is 126 cm³/mol. The molecule has 8 nitrogen and oxygen atoms in total. The topological polar surface area (TPSA) is 74.6 Å². The summed E-state index contributed by atoms with van der Waals surface area (Å²) in [5, 5.41) is 4.26. The first-order valence-corrected chi connectivity index (χ1v) is 12.1. The summed E-state index contributed by atoms with van der Waals surface area (Å²) in [5.41, 5.74) is 1.67. The largest absolute Gasteiger partial charge is 0.327 e. The van der Waals surface area contributed by atoms with Gasteiger partial charge in [-0.1, -0.05) is 13.8 Å². The van der Waals surface area contributed by atoms with Gasteiger partial charge in [0.15, 0.2) is 0 Å². The number of amides is 3. The fourth-order valence-corrected chi connectivity index (χ4v) is 5.04. The van der Waals surface area contributed by atoms with Gasteiger partial charge in [0.2, 0.25) is 0 Å². The number of urea groups is 1. The summed E-state index contributed by atoms with van der Waals surface area (Å²) >= 11 is 0. The zero-order valence-corrected chi connectivity index (χ0v) is 20.1. The lowest BCUT2D eigenvalue weighted by Gasteiger charge is -2.42. The van der Waals surface area contributed by atoms with E-state index in [0.29, 0.717) is 31.8 Å². The third-order valence-corrected chi connectivity index (χ3v) is 7.00. The number of nitrogens with zero attached hydrogens (tertiary/aromatic N) is 6. The molecule has 4 heterocycles. The van der Waals surface area contributed by atoms with Crippen LogP contribution in [0.5, 0.6) is 0 Å². The predicted octanol–water partition coefficient (Wildman–Crippen LogP) is 3.09. The minimum Gasteiger partial charge on any atom is -0.309 e. The molecule has 0 aromatic carbocycles. The summed E-state index contributed by atoms with van der Waals surface area (Å²) in [6, 6.07) is 3.88. The summed E-state index contributed by atoms with van der Waals surface area (Å²) in [6.45, 7) is 7.88. The van der Waals surface area contributed by atoms with Crippen molar-refractivity contribution in [1.29, 1.82) is 0 Å². The highest BCUT2D eigenvalue weighted by Crippen LogP contribution is 2.38. The quantitative estimate of drug-likeness (QED) is 0.547. The smallest absolute Gasteiger partial charge is 0.309 e. The first kappa shape index (κ1) is 23.4. The van der Waals surface area contributed by atoms with Gasteiger partial charge >= 0.3 is 6.03 Å². The molecule has 0 bridgehead atoms. The molecule has 2 aliphatic heterocycles. The second-order valence-corrected chi connectivity index (χ2v) is 9.86. The van der Waals surface area contributed by atoms with Gasteiger partial charge < -0.3 is 4.90 Å².